The molecular weight excluding hydrogens is 326 g/mol. The van der Waals surface area contributed by atoms with Crippen molar-refractivity contribution in [3.05, 3.63) is 32.9 Å². The minimum atomic E-state index is -0.678. The largest absolute Gasteiger partial charge is 0.276 e. The Morgan fingerprint density at radius 1 is 1.15 bits per heavy atom. The first-order chi connectivity index (χ1) is 6.04. The third-order valence-corrected chi connectivity index (χ3v) is 2.71. The summed E-state index contributed by atoms with van der Waals surface area (Å²) in [5.41, 5.74) is 0.318. The van der Waals surface area contributed by atoms with E-state index in [1.165, 1.54) is 6.07 Å². The molecule has 0 unspecified atom stereocenters. The fourth-order valence-corrected chi connectivity index (χ4v) is 2.15. The van der Waals surface area contributed by atoms with Gasteiger partial charge in [-0.25, -0.2) is 0 Å². The van der Waals surface area contributed by atoms with Crippen LogP contribution in [0.25, 0.3) is 0 Å². The van der Waals surface area contributed by atoms with Crippen molar-refractivity contribution in [3.8, 4) is 0 Å². The zero-order valence-electron chi connectivity index (χ0n) is 6.18. The normalized spacial score (nSPS) is 9.77. The van der Waals surface area contributed by atoms with Crippen LogP contribution >= 0.6 is 45.8 Å². The lowest BCUT2D eigenvalue weighted by molar-refractivity contribution is 0.105. The highest BCUT2D eigenvalue weighted by Gasteiger charge is 2.16. The van der Waals surface area contributed by atoms with Crippen LogP contribution in [0.1, 0.15) is 20.7 Å². The van der Waals surface area contributed by atoms with Crippen LogP contribution in [0, 0.1) is 3.57 Å². The molecule has 0 saturated heterocycles. The molecule has 0 saturated carbocycles. The second-order valence-electron chi connectivity index (χ2n) is 2.21. The van der Waals surface area contributed by atoms with Crippen molar-refractivity contribution in [3.63, 3.8) is 0 Å². The Bertz CT molecular complexity index is 376. The van der Waals surface area contributed by atoms with E-state index < -0.39 is 10.5 Å². The Kier molecular flexibility index (Phi) is 3.70. The molecule has 0 aromatic heterocycles. The molecule has 1 aromatic carbocycles. The highest BCUT2D eigenvalue weighted by Crippen LogP contribution is 2.20. The van der Waals surface area contributed by atoms with E-state index in [9.17, 15) is 9.59 Å². The molecule has 0 fully saturated rings. The lowest BCUT2D eigenvalue weighted by Gasteiger charge is -2.02. The second kappa shape index (κ2) is 4.39. The van der Waals surface area contributed by atoms with E-state index in [2.05, 4.69) is 0 Å². The molecule has 2 nitrogen and oxygen atoms in total. The Morgan fingerprint density at radius 3 is 2.15 bits per heavy atom. The van der Waals surface area contributed by atoms with Crippen LogP contribution < -0.4 is 0 Å². The molecule has 68 valence electrons. The van der Waals surface area contributed by atoms with Crippen molar-refractivity contribution in [2.75, 3.05) is 0 Å². The fraction of sp³-hybridized carbons (Fsp3) is 0. The van der Waals surface area contributed by atoms with Gasteiger partial charge in [0.1, 0.15) is 0 Å². The Morgan fingerprint density at radius 2 is 1.77 bits per heavy atom. The number of benzene rings is 1. The first kappa shape index (κ1) is 10.9. The number of rotatable bonds is 2. The monoisotopic (exact) mass is 328 g/mol. The van der Waals surface area contributed by atoms with Gasteiger partial charge in [0.15, 0.2) is 0 Å². The minimum absolute atomic E-state index is 0.147. The van der Waals surface area contributed by atoms with Gasteiger partial charge in [-0.05, 0) is 57.9 Å². The van der Waals surface area contributed by atoms with E-state index in [1.807, 2.05) is 22.6 Å². The van der Waals surface area contributed by atoms with Crippen molar-refractivity contribution in [2.45, 2.75) is 0 Å². The lowest BCUT2D eigenvalue weighted by Crippen LogP contribution is -2.03. The maximum Gasteiger partial charge on any atom is 0.254 e. The number of carbonyl (C=O) groups is 2. The summed E-state index contributed by atoms with van der Waals surface area (Å²) in [6.45, 7) is 0. The minimum Gasteiger partial charge on any atom is -0.276 e. The Labute approximate surface area is 98.4 Å². The summed E-state index contributed by atoms with van der Waals surface area (Å²) < 4.78 is 0.615. The van der Waals surface area contributed by atoms with E-state index >= 15 is 0 Å². The first-order valence-electron chi connectivity index (χ1n) is 3.22. The van der Waals surface area contributed by atoms with Crippen LogP contribution in [0.15, 0.2) is 18.2 Å². The quantitative estimate of drug-likeness (QED) is 0.617. The second-order valence-corrected chi connectivity index (χ2v) is 4.06. The molecule has 1 aromatic rings. The smallest absolute Gasteiger partial charge is 0.254 e. The average Bonchev–Trinajstić information content (AvgIpc) is 2.02. The number of carbonyl (C=O) groups excluding carboxylic acids is 2. The molecule has 13 heavy (non-hydrogen) atoms. The Hall–Kier alpha value is -0.130. The molecule has 0 spiro atoms. The van der Waals surface area contributed by atoms with Crippen molar-refractivity contribution >= 4 is 56.3 Å². The number of hydrogen-bond donors (Lipinski definition) is 0. The van der Waals surface area contributed by atoms with Crippen molar-refractivity contribution in [1.29, 1.82) is 0 Å². The summed E-state index contributed by atoms with van der Waals surface area (Å²) >= 11 is 12.5. The summed E-state index contributed by atoms with van der Waals surface area (Å²) in [4.78, 5) is 21.8. The third-order valence-electron chi connectivity index (χ3n) is 1.42. The molecule has 1 rings (SSSR count). The molecule has 0 aliphatic carbocycles. The zero-order chi connectivity index (χ0) is 10.0. The maximum atomic E-state index is 10.9. The standard InChI is InChI=1S/C8H3Cl2IO2/c9-7(12)4-2-1-3-5(11)6(4)8(10)13/h1-3H. The lowest BCUT2D eigenvalue weighted by atomic mass is 10.1. The molecule has 0 heterocycles. The zero-order valence-corrected chi connectivity index (χ0v) is 9.85. The van der Waals surface area contributed by atoms with Gasteiger partial charge in [-0.15, -0.1) is 0 Å². The number of halogens is 3. The van der Waals surface area contributed by atoms with Gasteiger partial charge in [0.05, 0.1) is 5.56 Å². The van der Waals surface area contributed by atoms with Crippen molar-refractivity contribution in [1.82, 2.24) is 0 Å². The summed E-state index contributed by atoms with van der Waals surface area (Å²) in [5, 5.41) is -1.35. The highest BCUT2D eigenvalue weighted by molar-refractivity contribution is 14.1. The van der Waals surface area contributed by atoms with Crippen LogP contribution in [0.3, 0.4) is 0 Å². The molecule has 0 atom stereocenters. The molecule has 0 bridgehead atoms. The van der Waals surface area contributed by atoms with E-state index in [-0.39, 0.29) is 11.1 Å². The van der Waals surface area contributed by atoms with E-state index in [4.69, 9.17) is 23.2 Å². The first-order valence-corrected chi connectivity index (χ1v) is 5.05. The summed E-state index contributed by atoms with van der Waals surface area (Å²) in [5.74, 6) is 0. The van der Waals surface area contributed by atoms with Crippen LogP contribution in [0.5, 0.6) is 0 Å². The molecule has 0 aliphatic rings. The van der Waals surface area contributed by atoms with E-state index in [0.717, 1.165) is 0 Å². The van der Waals surface area contributed by atoms with Gasteiger partial charge in [-0.1, -0.05) is 6.07 Å². The summed E-state index contributed by atoms with van der Waals surface area (Å²) in [7, 11) is 0. The van der Waals surface area contributed by atoms with E-state index in [0.29, 0.717) is 3.57 Å². The van der Waals surface area contributed by atoms with Crippen LogP contribution in [0.2, 0.25) is 0 Å². The third kappa shape index (κ3) is 2.42. The van der Waals surface area contributed by atoms with E-state index in [1.54, 1.807) is 12.1 Å². The topological polar surface area (TPSA) is 34.1 Å². The molecule has 0 radical (unpaired) electrons. The SMILES string of the molecule is O=C(Cl)c1cccc(I)c1C(=O)Cl. The Balaban J connectivity index is 3.43. The fourth-order valence-electron chi connectivity index (χ4n) is 0.888. The van der Waals surface area contributed by atoms with Gasteiger partial charge >= 0.3 is 0 Å². The number of hydrogen-bond acceptors (Lipinski definition) is 2. The predicted molar refractivity (Wildman–Crippen MR) is 59.5 cm³/mol. The van der Waals surface area contributed by atoms with Gasteiger partial charge in [-0.3, -0.25) is 9.59 Å². The molecule has 0 N–H and O–H groups in total. The van der Waals surface area contributed by atoms with Crippen molar-refractivity contribution in [2.24, 2.45) is 0 Å². The molecular formula is C8H3Cl2IO2. The van der Waals surface area contributed by atoms with Gasteiger partial charge in [0, 0.05) is 9.13 Å². The van der Waals surface area contributed by atoms with Gasteiger partial charge in [0.25, 0.3) is 10.5 Å². The molecule has 5 heteroatoms. The van der Waals surface area contributed by atoms with Gasteiger partial charge in [0.2, 0.25) is 0 Å². The van der Waals surface area contributed by atoms with Gasteiger partial charge < -0.3 is 0 Å². The van der Waals surface area contributed by atoms with Crippen molar-refractivity contribution < 1.29 is 9.59 Å². The van der Waals surface area contributed by atoms with Crippen LogP contribution in [0.4, 0.5) is 0 Å². The predicted octanol–water partition coefficient (Wildman–Crippen LogP) is 3.05. The van der Waals surface area contributed by atoms with Crippen LogP contribution in [-0.2, 0) is 0 Å². The highest BCUT2D eigenvalue weighted by atomic mass is 127. The summed E-state index contributed by atoms with van der Waals surface area (Å²) in [6.07, 6.45) is 0. The molecule has 0 aliphatic heterocycles. The summed E-state index contributed by atoms with van der Waals surface area (Å²) in [6, 6.07) is 4.79. The van der Waals surface area contributed by atoms with Crippen LogP contribution in [-0.4, -0.2) is 10.5 Å². The van der Waals surface area contributed by atoms with Gasteiger partial charge in [-0.2, -0.15) is 0 Å². The molecule has 0 amide bonds. The average molecular weight is 329 g/mol. The maximum absolute atomic E-state index is 10.9.